The van der Waals surface area contributed by atoms with Crippen molar-refractivity contribution in [1.82, 2.24) is 9.71 Å². The lowest BCUT2D eigenvalue weighted by atomic mass is 9.96. The number of sulfonamides is 1. The first kappa shape index (κ1) is 21.1. The van der Waals surface area contributed by atoms with Crippen LogP contribution < -0.4 is 14.8 Å². The number of ether oxygens (including phenoxy) is 1. The second-order valence-corrected chi connectivity index (χ2v) is 10.6. The van der Waals surface area contributed by atoms with Gasteiger partial charge in [0.15, 0.2) is 0 Å². The number of anilines is 1. The number of rotatable bonds is 6. The number of nitrogens with zero attached hydrogens (tertiary/aromatic N) is 1. The van der Waals surface area contributed by atoms with E-state index in [1.165, 1.54) is 0 Å². The molecule has 2 heterocycles. The number of hydrogen-bond acceptors (Lipinski definition) is 6. The van der Waals surface area contributed by atoms with Crippen molar-refractivity contribution in [2.75, 3.05) is 11.9 Å². The highest BCUT2D eigenvalue weighted by atomic mass is 79.9. The Morgan fingerprint density at radius 3 is 2.80 bits per heavy atom. The molecule has 1 aliphatic carbocycles. The van der Waals surface area contributed by atoms with Crippen LogP contribution in [0.25, 0.3) is 0 Å². The maximum atomic E-state index is 13.2. The summed E-state index contributed by atoms with van der Waals surface area (Å²) in [7, 11) is -4.01. The molecule has 4 rings (SSSR count). The number of fused-ring (bicyclic) bond motifs is 1. The third kappa shape index (κ3) is 3.92. The molecule has 160 valence electrons. The molecule has 1 aromatic carbocycles. The summed E-state index contributed by atoms with van der Waals surface area (Å²) in [6.45, 7) is 4.56. The number of carbonyl (C=O) groups excluding carboxylic acids is 1. The molecule has 2 aromatic rings. The summed E-state index contributed by atoms with van der Waals surface area (Å²) < 4.78 is 35.1. The van der Waals surface area contributed by atoms with Crippen molar-refractivity contribution in [3.8, 4) is 5.88 Å². The van der Waals surface area contributed by atoms with Crippen LogP contribution in [0.2, 0.25) is 0 Å². The number of aromatic nitrogens is 1. The van der Waals surface area contributed by atoms with Crippen molar-refractivity contribution >= 4 is 37.5 Å². The smallest absolute Gasteiger partial charge is 0.264 e. The maximum absolute atomic E-state index is 13.2. The molecule has 2 N–H and O–H groups in total. The van der Waals surface area contributed by atoms with E-state index in [0.29, 0.717) is 35.2 Å². The first-order valence-electron chi connectivity index (χ1n) is 9.99. The Morgan fingerprint density at radius 2 is 2.10 bits per heavy atom. The van der Waals surface area contributed by atoms with Crippen molar-refractivity contribution in [3.63, 3.8) is 0 Å². The fraction of sp³-hybridized carbons (Fsp3) is 0.429. The molecule has 30 heavy (non-hydrogen) atoms. The molecule has 1 aliphatic heterocycles. The van der Waals surface area contributed by atoms with Gasteiger partial charge in [-0.1, -0.05) is 6.07 Å². The monoisotopic (exact) mass is 493 g/mol. The van der Waals surface area contributed by atoms with Crippen LogP contribution in [0.5, 0.6) is 5.88 Å². The molecule has 2 aliphatic rings. The summed E-state index contributed by atoms with van der Waals surface area (Å²) in [5.74, 6) is -0.183. The average molecular weight is 494 g/mol. The summed E-state index contributed by atoms with van der Waals surface area (Å²) >= 11 is 3.40. The van der Waals surface area contributed by atoms with Gasteiger partial charge in [0.05, 0.1) is 16.4 Å². The van der Waals surface area contributed by atoms with Crippen molar-refractivity contribution in [2.45, 2.75) is 55.9 Å². The highest BCUT2D eigenvalue weighted by molar-refractivity contribution is 9.10. The summed E-state index contributed by atoms with van der Waals surface area (Å²) in [5.41, 5.74) is 1.18. The third-order valence-electron chi connectivity index (χ3n) is 5.43. The van der Waals surface area contributed by atoms with Crippen molar-refractivity contribution in [3.05, 3.63) is 46.1 Å². The number of nitrogens with one attached hydrogen (secondary N) is 2. The van der Waals surface area contributed by atoms with Crippen LogP contribution in [0.3, 0.4) is 0 Å². The SMILES string of the molecule is CC(C)Oc1ncc(Br)cc1C1(C(=O)NS(=O)(=O)c2cccc3c2CCCN3)CC1. The predicted molar refractivity (Wildman–Crippen MR) is 117 cm³/mol. The van der Waals surface area contributed by atoms with Gasteiger partial charge in [0.25, 0.3) is 10.0 Å². The van der Waals surface area contributed by atoms with Gasteiger partial charge in [-0.25, -0.2) is 18.1 Å². The van der Waals surface area contributed by atoms with Gasteiger partial charge >= 0.3 is 0 Å². The van der Waals surface area contributed by atoms with E-state index in [2.05, 4.69) is 31.0 Å². The minimum absolute atomic E-state index is 0.122. The molecular formula is C21H24BrN3O4S. The van der Waals surface area contributed by atoms with E-state index >= 15 is 0 Å². The van der Waals surface area contributed by atoms with Crippen LogP contribution in [-0.4, -0.2) is 32.0 Å². The molecule has 7 nitrogen and oxygen atoms in total. The van der Waals surface area contributed by atoms with Crippen LogP contribution >= 0.6 is 15.9 Å². The van der Waals surface area contributed by atoms with Gasteiger partial charge in [0.2, 0.25) is 11.8 Å². The molecule has 9 heteroatoms. The number of hydrogen-bond donors (Lipinski definition) is 2. The average Bonchev–Trinajstić information content (AvgIpc) is 3.50. The molecule has 0 saturated heterocycles. The largest absolute Gasteiger partial charge is 0.475 e. The first-order valence-corrected chi connectivity index (χ1v) is 12.3. The zero-order chi connectivity index (χ0) is 21.5. The van der Waals surface area contributed by atoms with E-state index in [9.17, 15) is 13.2 Å². The Balaban J connectivity index is 1.66. The Morgan fingerprint density at radius 1 is 1.33 bits per heavy atom. The van der Waals surface area contributed by atoms with Crippen molar-refractivity contribution in [1.29, 1.82) is 0 Å². The normalized spacial score (nSPS) is 17.1. The maximum Gasteiger partial charge on any atom is 0.264 e. The third-order valence-corrected chi connectivity index (χ3v) is 7.28. The topological polar surface area (TPSA) is 97.4 Å². The van der Waals surface area contributed by atoms with Crippen LogP contribution in [0.1, 0.15) is 44.2 Å². The van der Waals surface area contributed by atoms with E-state index in [1.54, 1.807) is 24.4 Å². The summed E-state index contributed by atoms with van der Waals surface area (Å²) in [4.78, 5) is 17.7. The fourth-order valence-electron chi connectivity index (χ4n) is 3.83. The van der Waals surface area contributed by atoms with Crippen LogP contribution in [-0.2, 0) is 26.7 Å². The minimum Gasteiger partial charge on any atom is -0.475 e. The molecule has 0 radical (unpaired) electrons. The van der Waals surface area contributed by atoms with Gasteiger partial charge in [-0.2, -0.15) is 0 Å². The molecule has 1 amide bonds. The standard InChI is InChI=1S/C21H24BrN3O4S/c1-13(2)29-19-16(11-14(22)12-24-19)21(8-9-21)20(26)25-30(27,28)18-7-3-6-17-15(18)5-4-10-23-17/h3,6-7,11-13,23H,4-5,8-10H2,1-2H3,(H,25,26). The molecule has 1 saturated carbocycles. The van der Waals surface area contributed by atoms with Gasteiger partial charge in [0, 0.05) is 28.5 Å². The Hall–Kier alpha value is -2.13. The lowest BCUT2D eigenvalue weighted by Gasteiger charge is -2.23. The lowest BCUT2D eigenvalue weighted by molar-refractivity contribution is -0.121. The fourth-order valence-corrected chi connectivity index (χ4v) is 5.51. The molecular weight excluding hydrogens is 470 g/mol. The van der Waals surface area contributed by atoms with Gasteiger partial charge in [-0.3, -0.25) is 4.79 Å². The number of halogens is 1. The van der Waals surface area contributed by atoms with Crippen LogP contribution in [0, 0.1) is 0 Å². The van der Waals surface area contributed by atoms with Gasteiger partial charge in [-0.15, -0.1) is 0 Å². The minimum atomic E-state index is -4.01. The highest BCUT2D eigenvalue weighted by Crippen LogP contribution is 2.52. The van der Waals surface area contributed by atoms with Crippen LogP contribution in [0.4, 0.5) is 5.69 Å². The van der Waals surface area contributed by atoms with E-state index in [-0.39, 0.29) is 11.0 Å². The molecule has 1 fully saturated rings. The Bertz CT molecular complexity index is 1100. The summed E-state index contributed by atoms with van der Waals surface area (Å²) in [5, 5.41) is 3.22. The lowest BCUT2D eigenvalue weighted by Crippen LogP contribution is -2.39. The number of pyridine rings is 1. The predicted octanol–water partition coefficient (Wildman–Crippen LogP) is 3.53. The summed E-state index contributed by atoms with van der Waals surface area (Å²) in [6.07, 6.45) is 4.06. The van der Waals surface area contributed by atoms with E-state index in [4.69, 9.17) is 4.74 Å². The van der Waals surface area contributed by atoms with Crippen molar-refractivity contribution < 1.29 is 17.9 Å². The zero-order valence-corrected chi connectivity index (χ0v) is 19.3. The zero-order valence-electron chi connectivity index (χ0n) is 16.9. The quantitative estimate of drug-likeness (QED) is 0.638. The van der Waals surface area contributed by atoms with Gasteiger partial charge in [-0.05, 0) is 79.2 Å². The van der Waals surface area contributed by atoms with E-state index in [0.717, 1.165) is 24.2 Å². The van der Waals surface area contributed by atoms with Gasteiger partial charge < -0.3 is 10.1 Å². The molecule has 1 aromatic heterocycles. The molecule has 0 unspecified atom stereocenters. The molecule has 0 bridgehead atoms. The van der Waals surface area contributed by atoms with E-state index < -0.39 is 21.3 Å². The molecule has 0 spiro atoms. The second kappa shape index (κ2) is 7.85. The summed E-state index contributed by atoms with van der Waals surface area (Å²) in [6, 6.07) is 6.89. The second-order valence-electron chi connectivity index (χ2n) is 8.00. The number of carbonyl (C=O) groups is 1. The highest BCUT2D eigenvalue weighted by Gasteiger charge is 2.54. The number of benzene rings is 1. The first-order chi connectivity index (χ1) is 14.2. The van der Waals surface area contributed by atoms with Gasteiger partial charge in [0.1, 0.15) is 0 Å². The number of amides is 1. The Labute approximate surface area is 184 Å². The van der Waals surface area contributed by atoms with E-state index in [1.807, 2.05) is 19.9 Å². The Kier molecular flexibility index (Phi) is 5.52. The van der Waals surface area contributed by atoms with Crippen molar-refractivity contribution in [2.24, 2.45) is 0 Å². The van der Waals surface area contributed by atoms with Crippen LogP contribution in [0.15, 0.2) is 39.8 Å². The molecule has 0 atom stereocenters.